The number of aliphatic hydroxyl groups excluding tert-OH is 1. The molecule has 4 heteroatoms. The van der Waals surface area contributed by atoms with Crippen LogP contribution in [0.4, 0.5) is 0 Å². The normalized spacial score (nSPS) is 13.4. The van der Waals surface area contributed by atoms with Crippen molar-refractivity contribution in [2.45, 2.75) is 25.8 Å². The van der Waals surface area contributed by atoms with E-state index >= 15 is 0 Å². The summed E-state index contributed by atoms with van der Waals surface area (Å²) in [5, 5.41) is 12.5. The molecule has 4 nitrogen and oxygen atoms in total. The second-order valence-electron chi connectivity index (χ2n) is 3.94. The van der Waals surface area contributed by atoms with Crippen molar-refractivity contribution in [3.8, 4) is 0 Å². The van der Waals surface area contributed by atoms with E-state index in [4.69, 9.17) is 9.84 Å². The highest BCUT2D eigenvalue weighted by molar-refractivity contribution is 4.69. The molecule has 0 heterocycles. The van der Waals surface area contributed by atoms with E-state index in [1.165, 1.54) is 0 Å². The van der Waals surface area contributed by atoms with Gasteiger partial charge in [-0.05, 0) is 26.4 Å². The van der Waals surface area contributed by atoms with Crippen molar-refractivity contribution in [2.75, 3.05) is 47.0 Å². The van der Waals surface area contributed by atoms with Crippen molar-refractivity contribution in [3.05, 3.63) is 0 Å². The average molecular weight is 218 g/mol. The standard InChI is InChI=1S/C11H26N2O2/c1-4-6-12-11(10-14)9-13(2)7-5-8-15-3/h11-12,14H,4-10H2,1-3H3. The lowest BCUT2D eigenvalue weighted by atomic mass is 10.2. The van der Waals surface area contributed by atoms with Crippen molar-refractivity contribution in [3.63, 3.8) is 0 Å². The van der Waals surface area contributed by atoms with Crippen LogP contribution in [-0.4, -0.2) is 63.1 Å². The molecule has 0 aliphatic rings. The molecule has 0 aliphatic carbocycles. The zero-order valence-corrected chi connectivity index (χ0v) is 10.3. The SMILES string of the molecule is CCCNC(CO)CN(C)CCCOC. The van der Waals surface area contributed by atoms with E-state index < -0.39 is 0 Å². The number of methoxy groups -OCH3 is 1. The highest BCUT2D eigenvalue weighted by Gasteiger charge is 2.08. The van der Waals surface area contributed by atoms with E-state index in [-0.39, 0.29) is 12.6 Å². The molecule has 2 N–H and O–H groups in total. The molecule has 0 bridgehead atoms. The number of hydrogen-bond donors (Lipinski definition) is 2. The van der Waals surface area contributed by atoms with E-state index in [2.05, 4.69) is 24.2 Å². The van der Waals surface area contributed by atoms with Crippen LogP contribution in [0.25, 0.3) is 0 Å². The Kier molecular flexibility index (Phi) is 10.3. The number of aliphatic hydroxyl groups is 1. The van der Waals surface area contributed by atoms with E-state index in [0.717, 1.165) is 39.1 Å². The third-order valence-corrected chi connectivity index (χ3v) is 2.32. The third-order valence-electron chi connectivity index (χ3n) is 2.32. The van der Waals surface area contributed by atoms with E-state index in [1.54, 1.807) is 7.11 Å². The summed E-state index contributed by atoms with van der Waals surface area (Å²) >= 11 is 0. The second-order valence-corrected chi connectivity index (χ2v) is 3.94. The Morgan fingerprint density at radius 3 is 2.73 bits per heavy atom. The van der Waals surface area contributed by atoms with Gasteiger partial charge in [-0.25, -0.2) is 0 Å². The minimum atomic E-state index is 0.192. The van der Waals surface area contributed by atoms with Crippen LogP contribution in [0.3, 0.4) is 0 Å². The van der Waals surface area contributed by atoms with Crippen molar-refractivity contribution in [1.29, 1.82) is 0 Å². The molecule has 1 atom stereocenters. The fourth-order valence-electron chi connectivity index (χ4n) is 1.48. The Hall–Kier alpha value is -0.160. The lowest BCUT2D eigenvalue weighted by molar-refractivity contribution is 0.165. The molecule has 0 saturated carbocycles. The molecule has 15 heavy (non-hydrogen) atoms. The third kappa shape index (κ3) is 8.81. The van der Waals surface area contributed by atoms with Gasteiger partial charge in [0.25, 0.3) is 0 Å². The van der Waals surface area contributed by atoms with Gasteiger partial charge in [0.2, 0.25) is 0 Å². The maximum absolute atomic E-state index is 9.16. The van der Waals surface area contributed by atoms with Crippen LogP contribution in [0.15, 0.2) is 0 Å². The minimum absolute atomic E-state index is 0.192. The Balaban J connectivity index is 3.55. The fourth-order valence-corrected chi connectivity index (χ4v) is 1.48. The zero-order chi connectivity index (χ0) is 11.5. The van der Waals surface area contributed by atoms with E-state index in [9.17, 15) is 0 Å². The van der Waals surface area contributed by atoms with Gasteiger partial charge < -0.3 is 20.1 Å². The fraction of sp³-hybridized carbons (Fsp3) is 1.00. The van der Waals surface area contributed by atoms with Crippen LogP contribution < -0.4 is 5.32 Å². The van der Waals surface area contributed by atoms with Crippen LogP contribution in [-0.2, 0) is 4.74 Å². The van der Waals surface area contributed by atoms with Crippen LogP contribution in [0.1, 0.15) is 19.8 Å². The van der Waals surface area contributed by atoms with Crippen molar-refractivity contribution in [2.24, 2.45) is 0 Å². The Labute approximate surface area is 93.6 Å². The number of ether oxygens (including phenoxy) is 1. The van der Waals surface area contributed by atoms with Crippen LogP contribution in [0.5, 0.6) is 0 Å². The first-order valence-corrected chi connectivity index (χ1v) is 5.76. The van der Waals surface area contributed by atoms with Crippen LogP contribution in [0.2, 0.25) is 0 Å². The first-order chi connectivity index (χ1) is 7.24. The predicted molar refractivity (Wildman–Crippen MR) is 63.2 cm³/mol. The molecule has 0 aromatic carbocycles. The van der Waals surface area contributed by atoms with Gasteiger partial charge in [-0.1, -0.05) is 6.92 Å². The van der Waals surface area contributed by atoms with Gasteiger partial charge in [0, 0.05) is 32.8 Å². The topological polar surface area (TPSA) is 44.7 Å². The van der Waals surface area contributed by atoms with Gasteiger partial charge >= 0.3 is 0 Å². The average Bonchev–Trinajstić information content (AvgIpc) is 2.24. The van der Waals surface area contributed by atoms with Gasteiger partial charge in [-0.2, -0.15) is 0 Å². The number of likely N-dealkylation sites (N-methyl/N-ethyl adjacent to an activating group) is 1. The molecule has 0 saturated heterocycles. The van der Waals surface area contributed by atoms with E-state index in [1.807, 2.05) is 0 Å². The number of hydrogen-bond acceptors (Lipinski definition) is 4. The monoisotopic (exact) mass is 218 g/mol. The molecule has 0 radical (unpaired) electrons. The zero-order valence-electron chi connectivity index (χ0n) is 10.3. The van der Waals surface area contributed by atoms with E-state index in [0.29, 0.717) is 0 Å². The highest BCUT2D eigenvalue weighted by atomic mass is 16.5. The highest BCUT2D eigenvalue weighted by Crippen LogP contribution is 1.92. The maximum atomic E-state index is 9.16. The first kappa shape index (κ1) is 14.8. The Bertz CT molecular complexity index is 134. The summed E-state index contributed by atoms with van der Waals surface area (Å²) in [6.07, 6.45) is 2.14. The van der Waals surface area contributed by atoms with Crippen molar-refractivity contribution in [1.82, 2.24) is 10.2 Å². The largest absolute Gasteiger partial charge is 0.395 e. The molecule has 0 aromatic heterocycles. The van der Waals surface area contributed by atoms with Crippen LogP contribution in [0, 0.1) is 0 Å². The number of rotatable bonds is 10. The summed E-state index contributed by atoms with van der Waals surface area (Å²) in [6.45, 7) is 6.00. The van der Waals surface area contributed by atoms with Gasteiger partial charge in [-0.15, -0.1) is 0 Å². The van der Waals surface area contributed by atoms with Gasteiger partial charge in [-0.3, -0.25) is 0 Å². The van der Waals surface area contributed by atoms with Crippen molar-refractivity contribution < 1.29 is 9.84 Å². The molecular formula is C11H26N2O2. The summed E-state index contributed by atoms with van der Waals surface area (Å²) in [4.78, 5) is 2.22. The second kappa shape index (κ2) is 10.4. The molecule has 0 fully saturated rings. The molecule has 92 valence electrons. The summed E-state index contributed by atoms with van der Waals surface area (Å²) in [5.41, 5.74) is 0. The predicted octanol–water partition coefficient (Wildman–Crippen LogP) is 0.315. The van der Waals surface area contributed by atoms with Gasteiger partial charge in [0.1, 0.15) is 0 Å². The lowest BCUT2D eigenvalue weighted by Crippen LogP contribution is -2.42. The quantitative estimate of drug-likeness (QED) is 0.518. The molecule has 0 aliphatic heterocycles. The summed E-state index contributed by atoms with van der Waals surface area (Å²) < 4.78 is 5.00. The molecule has 1 unspecified atom stereocenters. The molecule has 0 spiro atoms. The summed E-state index contributed by atoms with van der Waals surface area (Å²) in [6, 6.07) is 0.192. The maximum Gasteiger partial charge on any atom is 0.0597 e. The molecule has 0 aromatic rings. The molecule has 0 amide bonds. The van der Waals surface area contributed by atoms with Crippen LogP contribution >= 0.6 is 0 Å². The van der Waals surface area contributed by atoms with Crippen molar-refractivity contribution >= 4 is 0 Å². The smallest absolute Gasteiger partial charge is 0.0597 e. The number of nitrogens with zero attached hydrogens (tertiary/aromatic N) is 1. The Morgan fingerprint density at radius 1 is 1.47 bits per heavy atom. The van der Waals surface area contributed by atoms with Gasteiger partial charge in [0.05, 0.1) is 6.61 Å². The lowest BCUT2D eigenvalue weighted by Gasteiger charge is -2.23. The summed E-state index contributed by atoms with van der Waals surface area (Å²) in [7, 11) is 3.80. The minimum Gasteiger partial charge on any atom is -0.395 e. The summed E-state index contributed by atoms with van der Waals surface area (Å²) in [5.74, 6) is 0. The molecule has 0 rings (SSSR count). The van der Waals surface area contributed by atoms with Gasteiger partial charge in [0.15, 0.2) is 0 Å². The Morgan fingerprint density at radius 2 is 2.20 bits per heavy atom. The number of nitrogens with one attached hydrogen (secondary N) is 1. The molecular weight excluding hydrogens is 192 g/mol. The first-order valence-electron chi connectivity index (χ1n) is 5.76.